The molecular formula is C22H23N5O3S2. The van der Waals surface area contributed by atoms with Gasteiger partial charge < -0.3 is 19.4 Å². The molecule has 0 aliphatic carbocycles. The van der Waals surface area contributed by atoms with Crippen molar-refractivity contribution in [3.8, 4) is 11.5 Å². The third kappa shape index (κ3) is 5.03. The Bertz CT molecular complexity index is 1210. The summed E-state index contributed by atoms with van der Waals surface area (Å²) in [6.45, 7) is 4.63. The van der Waals surface area contributed by atoms with E-state index in [0.717, 1.165) is 27.5 Å². The molecule has 2 heterocycles. The molecule has 1 N–H and O–H groups in total. The molecule has 2 aromatic carbocycles. The number of ether oxygens (including phenoxy) is 2. The molecule has 4 rings (SSSR count). The Morgan fingerprint density at radius 2 is 2.00 bits per heavy atom. The number of hydrogen-bond acceptors (Lipinski definition) is 8. The highest BCUT2D eigenvalue weighted by molar-refractivity contribution is 7.99. The number of fused-ring (bicyclic) bond motifs is 1. The first-order valence-electron chi connectivity index (χ1n) is 10.1. The van der Waals surface area contributed by atoms with Crippen LogP contribution in [0.2, 0.25) is 0 Å². The van der Waals surface area contributed by atoms with Crippen molar-refractivity contribution in [1.29, 1.82) is 0 Å². The van der Waals surface area contributed by atoms with Gasteiger partial charge in [0.2, 0.25) is 5.91 Å². The van der Waals surface area contributed by atoms with Gasteiger partial charge in [0.05, 0.1) is 23.1 Å². The number of aromatic nitrogens is 4. The van der Waals surface area contributed by atoms with Crippen LogP contribution >= 0.6 is 23.1 Å². The maximum absolute atomic E-state index is 12.5. The number of carbonyl (C=O) groups is 1. The molecule has 166 valence electrons. The molecule has 0 fully saturated rings. The van der Waals surface area contributed by atoms with E-state index in [1.54, 1.807) is 7.11 Å². The van der Waals surface area contributed by atoms with Gasteiger partial charge in [0.1, 0.15) is 11.5 Å². The molecule has 0 saturated heterocycles. The predicted octanol–water partition coefficient (Wildman–Crippen LogP) is 4.79. The van der Waals surface area contributed by atoms with E-state index in [9.17, 15) is 4.79 Å². The minimum Gasteiger partial charge on any atom is -0.497 e. The standard InChI is InChI=1S/C22H23N5O3S2/c1-4-27-20(14(2)30-15-8-6-5-7-9-15)25-26-22(27)31-13-19(28)24-21-23-17-11-10-16(29-3)12-18(17)32-21/h5-12,14H,4,13H2,1-3H3,(H,23,24,28)/t14-/m0/s1. The molecule has 2 aromatic heterocycles. The predicted molar refractivity (Wildman–Crippen MR) is 127 cm³/mol. The van der Waals surface area contributed by atoms with E-state index in [2.05, 4.69) is 20.5 Å². The molecule has 0 unspecified atom stereocenters. The fraction of sp³-hybridized carbons (Fsp3) is 0.273. The number of thioether (sulfide) groups is 1. The van der Waals surface area contributed by atoms with E-state index in [4.69, 9.17) is 9.47 Å². The molecule has 1 atom stereocenters. The summed E-state index contributed by atoms with van der Waals surface area (Å²) in [5, 5.41) is 12.7. The first-order chi connectivity index (χ1) is 15.6. The minimum absolute atomic E-state index is 0.151. The molecule has 0 bridgehead atoms. The quantitative estimate of drug-likeness (QED) is 0.353. The number of benzene rings is 2. The second-order valence-electron chi connectivity index (χ2n) is 6.85. The Hall–Kier alpha value is -3.11. The highest BCUT2D eigenvalue weighted by Gasteiger charge is 2.19. The van der Waals surface area contributed by atoms with Gasteiger partial charge in [-0.3, -0.25) is 4.79 Å². The van der Waals surface area contributed by atoms with E-state index in [1.165, 1.54) is 23.1 Å². The molecule has 10 heteroatoms. The van der Waals surface area contributed by atoms with Crippen molar-refractivity contribution in [1.82, 2.24) is 19.7 Å². The number of rotatable bonds is 9. The summed E-state index contributed by atoms with van der Waals surface area (Å²) in [4.78, 5) is 17.0. The number of anilines is 1. The van der Waals surface area contributed by atoms with Crippen LogP contribution in [0.4, 0.5) is 5.13 Å². The van der Waals surface area contributed by atoms with Crippen LogP contribution in [0.5, 0.6) is 11.5 Å². The highest BCUT2D eigenvalue weighted by Crippen LogP contribution is 2.29. The van der Waals surface area contributed by atoms with Gasteiger partial charge in [-0.2, -0.15) is 0 Å². The van der Waals surface area contributed by atoms with E-state index >= 15 is 0 Å². The van der Waals surface area contributed by atoms with Crippen molar-refractivity contribution in [2.24, 2.45) is 0 Å². The van der Waals surface area contributed by atoms with Crippen LogP contribution in [0.1, 0.15) is 25.8 Å². The number of carbonyl (C=O) groups excluding carboxylic acids is 1. The van der Waals surface area contributed by atoms with Crippen molar-refractivity contribution in [2.75, 3.05) is 18.2 Å². The number of nitrogens with one attached hydrogen (secondary N) is 1. The van der Waals surface area contributed by atoms with Gasteiger partial charge in [-0.1, -0.05) is 41.3 Å². The fourth-order valence-electron chi connectivity index (χ4n) is 3.13. The van der Waals surface area contributed by atoms with Crippen molar-refractivity contribution < 1.29 is 14.3 Å². The zero-order chi connectivity index (χ0) is 22.5. The molecule has 0 aliphatic rings. The van der Waals surface area contributed by atoms with Gasteiger partial charge in [-0.15, -0.1) is 10.2 Å². The number of para-hydroxylation sites is 1. The highest BCUT2D eigenvalue weighted by atomic mass is 32.2. The third-order valence-corrected chi connectivity index (χ3v) is 6.56. The molecule has 4 aromatic rings. The van der Waals surface area contributed by atoms with Crippen LogP contribution in [-0.2, 0) is 11.3 Å². The lowest BCUT2D eigenvalue weighted by Gasteiger charge is -2.15. The fourth-order valence-corrected chi connectivity index (χ4v) is 4.85. The monoisotopic (exact) mass is 469 g/mol. The van der Waals surface area contributed by atoms with Crippen LogP contribution < -0.4 is 14.8 Å². The summed E-state index contributed by atoms with van der Waals surface area (Å²) < 4.78 is 14.1. The third-order valence-electron chi connectivity index (χ3n) is 4.66. The van der Waals surface area contributed by atoms with Crippen LogP contribution in [0.15, 0.2) is 53.7 Å². The summed E-state index contributed by atoms with van der Waals surface area (Å²) in [5.74, 6) is 2.30. The SMILES string of the molecule is CCn1c(SCC(=O)Nc2nc3ccc(OC)cc3s2)nnc1[C@H](C)Oc1ccccc1. The van der Waals surface area contributed by atoms with Crippen LogP contribution in [0, 0.1) is 0 Å². The van der Waals surface area contributed by atoms with Gasteiger partial charge in [0, 0.05) is 6.54 Å². The zero-order valence-corrected chi connectivity index (χ0v) is 19.6. The number of hydrogen-bond donors (Lipinski definition) is 1. The van der Waals surface area contributed by atoms with Crippen molar-refractivity contribution >= 4 is 44.4 Å². The van der Waals surface area contributed by atoms with Crippen molar-refractivity contribution in [3.63, 3.8) is 0 Å². The van der Waals surface area contributed by atoms with Gasteiger partial charge >= 0.3 is 0 Å². The Balaban J connectivity index is 1.38. The van der Waals surface area contributed by atoms with Crippen LogP contribution in [0.3, 0.4) is 0 Å². The summed E-state index contributed by atoms with van der Waals surface area (Å²) in [7, 11) is 1.62. The number of amides is 1. The van der Waals surface area contributed by atoms with Crippen molar-refractivity contribution in [3.05, 3.63) is 54.4 Å². The Kier molecular flexibility index (Phi) is 6.91. The zero-order valence-electron chi connectivity index (χ0n) is 17.9. The van der Waals surface area contributed by atoms with Gasteiger partial charge in [0.25, 0.3) is 0 Å². The van der Waals surface area contributed by atoms with Gasteiger partial charge in [0.15, 0.2) is 22.2 Å². The van der Waals surface area contributed by atoms with Crippen molar-refractivity contribution in [2.45, 2.75) is 31.7 Å². The lowest BCUT2D eigenvalue weighted by Crippen LogP contribution is -2.15. The summed E-state index contributed by atoms with van der Waals surface area (Å²) in [5.41, 5.74) is 0.821. The largest absolute Gasteiger partial charge is 0.497 e. The maximum atomic E-state index is 12.5. The molecule has 0 saturated carbocycles. The first-order valence-corrected chi connectivity index (χ1v) is 11.9. The molecule has 32 heavy (non-hydrogen) atoms. The topological polar surface area (TPSA) is 91.2 Å². The number of thiazole rings is 1. The second-order valence-corrected chi connectivity index (χ2v) is 8.82. The summed E-state index contributed by atoms with van der Waals surface area (Å²) in [6, 6.07) is 15.2. The van der Waals surface area contributed by atoms with Crippen LogP contribution in [0.25, 0.3) is 10.2 Å². The lowest BCUT2D eigenvalue weighted by molar-refractivity contribution is -0.113. The van der Waals surface area contributed by atoms with Gasteiger partial charge in [-0.05, 0) is 44.2 Å². The first kappa shape index (κ1) is 22.1. The average molecular weight is 470 g/mol. The van der Waals surface area contributed by atoms with E-state index in [1.807, 2.05) is 66.9 Å². The molecule has 0 aliphatic heterocycles. The van der Waals surface area contributed by atoms with E-state index in [0.29, 0.717) is 16.8 Å². The molecular weight excluding hydrogens is 446 g/mol. The summed E-state index contributed by atoms with van der Waals surface area (Å²) >= 11 is 2.75. The minimum atomic E-state index is -0.271. The molecule has 0 radical (unpaired) electrons. The van der Waals surface area contributed by atoms with E-state index < -0.39 is 0 Å². The van der Waals surface area contributed by atoms with E-state index in [-0.39, 0.29) is 17.8 Å². The maximum Gasteiger partial charge on any atom is 0.236 e. The van der Waals surface area contributed by atoms with Crippen LogP contribution in [-0.4, -0.2) is 38.5 Å². The number of methoxy groups -OCH3 is 1. The Morgan fingerprint density at radius 1 is 1.19 bits per heavy atom. The lowest BCUT2D eigenvalue weighted by atomic mass is 10.3. The Labute approximate surface area is 194 Å². The second kappa shape index (κ2) is 10.0. The molecule has 8 nitrogen and oxygen atoms in total. The summed E-state index contributed by atoms with van der Waals surface area (Å²) in [6.07, 6.45) is -0.271. The average Bonchev–Trinajstić information content (AvgIpc) is 3.40. The molecule has 0 spiro atoms. The smallest absolute Gasteiger partial charge is 0.236 e. The number of nitrogens with zero attached hydrogens (tertiary/aromatic N) is 4. The van der Waals surface area contributed by atoms with Gasteiger partial charge in [-0.25, -0.2) is 4.98 Å². The molecule has 1 amide bonds. The Morgan fingerprint density at radius 3 is 2.75 bits per heavy atom. The normalized spacial score (nSPS) is 12.0.